The van der Waals surface area contributed by atoms with Crippen molar-refractivity contribution in [2.75, 3.05) is 39.6 Å². The maximum Gasteiger partial charge on any atom is 0.472 e. The monoisotopic (exact) mass is 1510 g/mol. The summed E-state index contributed by atoms with van der Waals surface area (Å²) in [5, 5.41) is 10.7. The van der Waals surface area contributed by atoms with Crippen LogP contribution in [0.2, 0.25) is 0 Å². The molecule has 0 bridgehead atoms. The molecule has 0 aromatic rings. The van der Waals surface area contributed by atoms with Crippen molar-refractivity contribution >= 4 is 39.5 Å². The third-order valence-corrected chi connectivity index (χ3v) is 22.3. The van der Waals surface area contributed by atoms with Gasteiger partial charge in [0.05, 0.1) is 26.4 Å². The van der Waals surface area contributed by atoms with E-state index >= 15 is 0 Å². The van der Waals surface area contributed by atoms with Gasteiger partial charge in [0.15, 0.2) is 12.2 Å². The van der Waals surface area contributed by atoms with Crippen molar-refractivity contribution in [3.8, 4) is 0 Å². The van der Waals surface area contributed by atoms with Crippen molar-refractivity contribution in [2.24, 2.45) is 17.8 Å². The zero-order valence-corrected chi connectivity index (χ0v) is 69.6. The molecule has 612 valence electrons. The van der Waals surface area contributed by atoms with Gasteiger partial charge in [-0.05, 0) is 43.4 Å². The number of esters is 4. The molecule has 0 radical (unpaired) electrons. The van der Waals surface area contributed by atoms with Crippen molar-refractivity contribution < 1.29 is 80.2 Å². The van der Waals surface area contributed by atoms with Crippen LogP contribution in [-0.2, 0) is 65.4 Å². The second-order valence-electron chi connectivity index (χ2n) is 31.2. The quantitative estimate of drug-likeness (QED) is 0.0222. The first-order valence-electron chi connectivity index (χ1n) is 43.4. The van der Waals surface area contributed by atoms with Crippen LogP contribution in [0.5, 0.6) is 0 Å². The highest BCUT2D eigenvalue weighted by Crippen LogP contribution is 2.45. The molecule has 17 nitrogen and oxygen atoms in total. The van der Waals surface area contributed by atoms with Crippen LogP contribution in [0.15, 0.2) is 0 Å². The van der Waals surface area contributed by atoms with E-state index in [2.05, 4.69) is 48.5 Å². The SMILES string of the molecule is CCCCCCCCCCCCCCCCCCCCC(=O)OC[C@H](COP(=O)(O)OC[C@@H](O)COP(=O)(O)OC[C@@H](COC(=O)CCCCCCCCCCC(C)CC)OC(=O)CCCCCCCCCCCCC(C)CC)OC(=O)CCCCCCCCCCCCCCCCCCC(C)C. The Labute approximate surface area is 632 Å². The van der Waals surface area contributed by atoms with Gasteiger partial charge in [-0.2, -0.15) is 0 Å². The second-order valence-corrected chi connectivity index (χ2v) is 34.1. The number of phosphoric acid groups is 2. The zero-order chi connectivity index (χ0) is 75.8. The molecule has 0 heterocycles. The maximum absolute atomic E-state index is 13.1. The molecule has 0 amide bonds. The third kappa shape index (κ3) is 75.3. The van der Waals surface area contributed by atoms with Gasteiger partial charge in [-0.15, -0.1) is 0 Å². The van der Waals surface area contributed by atoms with E-state index in [1.54, 1.807) is 0 Å². The number of unbranched alkanes of at least 4 members (excludes halogenated alkanes) is 48. The molecule has 0 aliphatic carbocycles. The van der Waals surface area contributed by atoms with Crippen LogP contribution in [0.4, 0.5) is 0 Å². The first-order valence-corrected chi connectivity index (χ1v) is 46.4. The number of phosphoric ester groups is 2. The number of hydrogen-bond donors (Lipinski definition) is 3. The van der Waals surface area contributed by atoms with Crippen LogP contribution in [0.3, 0.4) is 0 Å². The molecule has 0 fully saturated rings. The van der Waals surface area contributed by atoms with Gasteiger partial charge in [0, 0.05) is 25.7 Å². The van der Waals surface area contributed by atoms with Crippen LogP contribution in [0, 0.1) is 17.8 Å². The van der Waals surface area contributed by atoms with Gasteiger partial charge in [-0.25, -0.2) is 9.13 Å². The first kappa shape index (κ1) is 101. The summed E-state index contributed by atoms with van der Waals surface area (Å²) in [6.45, 7) is 12.0. The fraction of sp³-hybridized carbons (Fsp3) is 0.952. The Balaban J connectivity index is 5.26. The van der Waals surface area contributed by atoms with Crippen molar-refractivity contribution in [1.29, 1.82) is 0 Å². The van der Waals surface area contributed by atoms with E-state index in [-0.39, 0.29) is 25.7 Å². The summed E-state index contributed by atoms with van der Waals surface area (Å²) >= 11 is 0. The summed E-state index contributed by atoms with van der Waals surface area (Å²) in [5.41, 5.74) is 0. The maximum atomic E-state index is 13.1. The summed E-state index contributed by atoms with van der Waals surface area (Å²) < 4.78 is 68.9. The van der Waals surface area contributed by atoms with E-state index < -0.39 is 97.5 Å². The lowest BCUT2D eigenvalue weighted by atomic mass is 9.99. The molecule has 0 aromatic carbocycles. The average molecular weight is 1510 g/mol. The smallest absolute Gasteiger partial charge is 0.462 e. The van der Waals surface area contributed by atoms with Crippen molar-refractivity contribution in [3.05, 3.63) is 0 Å². The van der Waals surface area contributed by atoms with E-state index in [0.29, 0.717) is 25.7 Å². The van der Waals surface area contributed by atoms with E-state index in [1.807, 2.05) is 0 Å². The van der Waals surface area contributed by atoms with Gasteiger partial charge in [0.25, 0.3) is 0 Å². The van der Waals surface area contributed by atoms with E-state index in [9.17, 15) is 43.2 Å². The number of ether oxygens (including phenoxy) is 4. The number of carbonyl (C=O) groups excluding carboxylic acids is 4. The Morgan fingerprint density at radius 2 is 0.495 bits per heavy atom. The zero-order valence-electron chi connectivity index (χ0n) is 67.8. The standard InChI is InChI=1S/C84H164O17P2/c1-8-11-12-13-14-15-16-17-18-19-20-24-27-30-36-44-51-58-65-81(86)94-71-79(100-83(88)67-60-53-46-37-31-28-25-22-21-23-26-29-34-41-48-55-62-75(4)5)73-98-102(90,91)96-69-78(85)70-97-103(92,93)99-74-80(72-95-82(87)66-59-52-45-40-39-43-50-57-64-77(7)10-3)101-84(89)68-61-54-47-38-33-32-35-42-49-56-63-76(6)9-2/h75-80,85H,8-74H2,1-7H3,(H,90,91)(H,92,93)/t76?,77?,78-,79-,80-/m1/s1. The van der Waals surface area contributed by atoms with Gasteiger partial charge in [0.1, 0.15) is 19.3 Å². The number of carbonyl (C=O) groups is 4. The molecule has 0 saturated carbocycles. The van der Waals surface area contributed by atoms with Gasteiger partial charge in [0.2, 0.25) is 0 Å². The molecular weight excluding hydrogens is 1340 g/mol. The summed E-state index contributed by atoms with van der Waals surface area (Å²) in [6.07, 6.45) is 63.7. The van der Waals surface area contributed by atoms with Crippen LogP contribution in [-0.4, -0.2) is 96.7 Å². The Hall–Kier alpha value is -1.94. The Morgan fingerprint density at radius 1 is 0.282 bits per heavy atom. The fourth-order valence-electron chi connectivity index (χ4n) is 13.0. The highest BCUT2D eigenvalue weighted by atomic mass is 31.2. The Morgan fingerprint density at radius 3 is 0.738 bits per heavy atom. The first-order chi connectivity index (χ1) is 49.8. The Bertz CT molecular complexity index is 2000. The highest BCUT2D eigenvalue weighted by molar-refractivity contribution is 7.47. The molecule has 19 heteroatoms. The predicted octanol–water partition coefficient (Wildman–Crippen LogP) is 25.3. The second kappa shape index (κ2) is 74.2. The van der Waals surface area contributed by atoms with E-state index in [4.69, 9.17) is 37.0 Å². The number of aliphatic hydroxyl groups excluding tert-OH is 1. The molecule has 0 spiro atoms. The summed E-state index contributed by atoms with van der Waals surface area (Å²) in [6, 6.07) is 0. The molecule has 3 N–H and O–H groups in total. The lowest BCUT2D eigenvalue weighted by Gasteiger charge is -2.21. The minimum atomic E-state index is -4.97. The summed E-state index contributed by atoms with van der Waals surface area (Å²) in [5.74, 6) is 0.283. The van der Waals surface area contributed by atoms with Crippen molar-refractivity contribution in [2.45, 2.75) is 458 Å². The van der Waals surface area contributed by atoms with Crippen LogP contribution < -0.4 is 0 Å². The minimum absolute atomic E-state index is 0.106. The van der Waals surface area contributed by atoms with Gasteiger partial charge < -0.3 is 33.8 Å². The highest BCUT2D eigenvalue weighted by Gasteiger charge is 2.30. The molecule has 0 aliphatic rings. The molecule has 0 aromatic heterocycles. The van der Waals surface area contributed by atoms with Gasteiger partial charge in [-0.1, -0.05) is 389 Å². The molecule has 4 unspecified atom stereocenters. The topological polar surface area (TPSA) is 237 Å². The lowest BCUT2D eigenvalue weighted by Crippen LogP contribution is -2.30. The van der Waals surface area contributed by atoms with Gasteiger partial charge in [-0.3, -0.25) is 37.3 Å². The molecule has 103 heavy (non-hydrogen) atoms. The van der Waals surface area contributed by atoms with E-state index in [1.165, 1.54) is 250 Å². The largest absolute Gasteiger partial charge is 0.472 e. The molecule has 0 saturated heterocycles. The van der Waals surface area contributed by atoms with Crippen molar-refractivity contribution in [3.63, 3.8) is 0 Å². The average Bonchev–Trinajstić information content (AvgIpc) is 0.918. The van der Waals surface area contributed by atoms with Crippen LogP contribution in [0.25, 0.3) is 0 Å². The molecule has 0 aliphatic heterocycles. The van der Waals surface area contributed by atoms with Crippen molar-refractivity contribution in [1.82, 2.24) is 0 Å². The van der Waals surface area contributed by atoms with Crippen LogP contribution >= 0.6 is 15.6 Å². The molecule has 7 atom stereocenters. The molecule has 0 rings (SSSR count). The Kier molecular flexibility index (Phi) is 72.8. The summed E-state index contributed by atoms with van der Waals surface area (Å²) in [4.78, 5) is 73.2. The number of hydrogen-bond acceptors (Lipinski definition) is 15. The predicted molar refractivity (Wildman–Crippen MR) is 423 cm³/mol. The fourth-order valence-corrected chi connectivity index (χ4v) is 14.5. The number of aliphatic hydroxyl groups is 1. The van der Waals surface area contributed by atoms with E-state index in [0.717, 1.165) is 108 Å². The van der Waals surface area contributed by atoms with Crippen LogP contribution in [0.1, 0.15) is 440 Å². The van der Waals surface area contributed by atoms with Gasteiger partial charge >= 0.3 is 39.5 Å². The normalized spacial score (nSPS) is 14.4. The molecular formula is C84H164O17P2. The third-order valence-electron chi connectivity index (χ3n) is 20.4. The minimum Gasteiger partial charge on any atom is -0.462 e. The number of rotatable bonds is 82. The lowest BCUT2D eigenvalue weighted by molar-refractivity contribution is -0.161. The summed E-state index contributed by atoms with van der Waals surface area (Å²) in [7, 11) is -9.93.